The van der Waals surface area contributed by atoms with Crippen LogP contribution in [-0.2, 0) is 0 Å². The topological polar surface area (TPSA) is 39.7 Å². The maximum absolute atomic E-state index is 4.72. The number of unbranched alkanes of at least 4 members (excludes halogenated alkanes) is 1. The SMILES string of the molecule is CCCCNC(=NCC(c1cccs1)N(C)C)NCC. The van der Waals surface area contributed by atoms with E-state index in [1.807, 2.05) is 0 Å². The molecule has 1 unspecified atom stereocenters. The van der Waals surface area contributed by atoms with Crippen molar-refractivity contribution in [3.05, 3.63) is 22.4 Å². The number of likely N-dealkylation sites (N-methyl/N-ethyl adjacent to an activating group) is 1. The van der Waals surface area contributed by atoms with Gasteiger partial charge in [-0.2, -0.15) is 0 Å². The van der Waals surface area contributed by atoms with Crippen LogP contribution < -0.4 is 10.6 Å². The predicted octanol–water partition coefficient (Wildman–Crippen LogP) is 2.71. The number of rotatable bonds is 8. The van der Waals surface area contributed by atoms with Gasteiger partial charge in [0.25, 0.3) is 0 Å². The molecule has 0 aliphatic carbocycles. The normalized spacial score (nSPS) is 13.6. The molecule has 0 saturated heterocycles. The molecule has 20 heavy (non-hydrogen) atoms. The molecule has 0 fully saturated rings. The van der Waals surface area contributed by atoms with Crippen LogP contribution in [0.3, 0.4) is 0 Å². The van der Waals surface area contributed by atoms with Crippen LogP contribution in [0.15, 0.2) is 22.5 Å². The molecule has 0 spiro atoms. The fourth-order valence-electron chi connectivity index (χ4n) is 1.89. The monoisotopic (exact) mass is 296 g/mol. The van der Waals surface area contributed by atoms with E-state index in [0.717, 1.165) is 25.6 Å². The fraction of sp³-hybridized carbons (Fsp3) is 0.667. The summed E-state index contributed by atoms with van der Waals surface area (Å²) in [6, 6.07) is 4.63. The van der Waals surface area contributed by atoms with Crippen LogP contribution in [0.1, 0.15) is 37.6 Å². The predicted molar refractivity (Wildman–Crippen MR) is 89.6 cm³/mol. The van der Waals surface area contributed by atoms with Crippen molar-refractivity contribution in [2.75, 3.05) is 33.7 Å². The smallest absolute Gasteiger partial charge is 0.191 e. The van der Waals surface area contributed by atoms with Crippen LogP contribution in [0, 0.1) is 0 Å². The van der Waals surface area contributed by atoms with Crippen molar-refractivity contribution in [2.45, 2.75) is 32.7 Å². The highest BCUT2D eigenvalue weighted by Gasteiger charge is 2.14. The molecule has 0 bridgehead atoms. The van der Waals surface area contributed by atoms with Gasteiger partial charge in [0.2, 0.25) is 0 Å². The fourth-order valence-corrected chi connectivity index (χ4v) is 2.81. The van der Waals surface area contributed by atoms with E-state index in [0.29, 0.717) is 6.04 Å². The van der Waals surface area contributed by atoms with Crippen molar-refractivity contribution in [3.63, 3.8) is 0 Å². The number of nitrogens with zero attached hydrogens (tertiary/aromatic N) is 2. The molecule has 0 aliphatic heterocycles. The lowest BCUT2D eigenvalue weighted by Crippen LogP contribution is -2.38. The van der Waals surface area contributed by atoms with Gasteiger partial charge in [0, 0.05) is 18.0 Å². The number of hydrogen-bond acceptors (Lipinski definition) is 3. The van der Waals surface area contributed by atoms with Gasteiger partial charge in [0.05, 0.1) is 12.6 Å². The summed E-state index contributed by atoms with van der Waals surface area (Å²) in [5.74, 6) is 0.921. The maximum atomic E-state index is 4.72. The van der Waals surface area contributed by atoms with E-state index in [-0.39, 0.29) is 0 Å². The Bertz CT molecular complexity index is 373. The Morgan fingerprint density at radius 2 is 2.15 bits per heavy atom. The maximum Gasteiger partial charge on any atom is 0.191 e. The zero-order valence-electron chi connectivity index (χ0n) is 13.1. The number of thiophene rings is 1. The lowest BCUT2D eigenvalue weighted by Gasteiger charge is -2.22. The van der Waals surface area contributed by atoms with Crippen molar-refractivity contribution in [2.24, 2.45) is 4.99 Å². The third-order valence-corrected chi connectivity index (χ3v) is 4.06. The number of aliphatic imine (C=N–C) groups is 1. The van der Waals surface area contributed by atoms with Gasteiger partial charge < -0.3 is 15.5 Å². The minimum absolute atomic E-state index is 0.344. The number of hydrogen-bond donors (Lipinski definition) is 2. The van der Waals surface area contributed by atoms with Gasteiger partial charge in [-0.25, -0.2) is 0 Å². The Morgan fingerprint density at radius 1 is 1.35 bits per heavy atom. The third-order valence-electron chi connectivity index (χ3n) is 3.08. The Kier molecular flexibility index (Phi) is 8.30. The van der Waals surface area contributed by atoms with Crippen molar-refractivity contribution in [1.82, 2.24) is 15.5 Å². The molecule has 114 valence electrons. The van der Waals surface area contributed by atoms with Gasteiger partial charge in [-0.15, -0.1) is 11.3 Å². The second kappa shape index (κ2) is 9.77. The first-order chi connectivity index (χ1) is 9.69. The summed E-state index contributed by atoms with van der Waals surface area (Å²) in [4.78, 5) is 8.31. The summed E-state index contributed by atoms with van der Waals surface area (Å²) < 4.78 is 0. The molecule has 2 N–H and O–H groups in total. The quantitative estimate of drug-likeness (QED) is 0.440. The van der Waals surface area contributed by atoms with Gasteiger partial charge in [0.15, 0.2) is 5.96 Å². The Morgan fingerprint density at radius 3 is 2.70 bits per heavy atom. The molecule has 0 radical (unpaired) electrons. The van der Waals surface area contributed by atoms with E-state index in [1.54, 1.807) is 11.3 Å². The lowest BCUT2D eigenvalue weighted by molar-refractivity contribution is 0.310. The van der Waals surface area contributed by atoms with Gasteiger partial charge in [0.1, 0.15) is 0 Å². The molecule has 1 aromatic heterocycles. The highest BCUT2D eigenvalue weighted by Crippen LogP contribution is 2.23. The molecule has 1 atom stereocenters. The number of guanidine groups is 1. The zero-order chi connectivity index (χ0) is 14.8. The zero-order valence-corrected chi connectivity index (χ0v) is 14.0. The van der Waals surface area contributed by atoms with Crippen LogP contribution in [-0.4, -0.2) is 44.6 Å². The van der Waals surface area contributed by atoms with E-state index < -0.39 is 0 Å². The van der Waals surface area contributed by atoms with Crippen LogP contribution >= 0.6 is 11.3 Å². The van der Waals surface area contributed by atoms with Crippen molar-refractivity contribution in [1.29, 1.82) is 0 Å². The van der Waals surface area contributed by atoms with Crippen molar-refractivity contribution in [3.8, 4) is 0 Å². The summed E-state index contributed by atoms with van der Waals surface area (Å²) in [5, 5.41) is 8.82. The lowest BCUT2D eigenvalue weighted by atomic mass is 10.2. The largest absolute Gasteiger partial charge is 0.357 e. The van der Waals surface area contributed by atoms with Crippen LogP contribution in [0.25, 0.3) is 0 Å². The second-order valence-electron chi connectivity index (χ2n) is 4.99. The average Bonchev–Trinajstić information content (AvgIpc) is 2.92. The van der Waals surface area contributed by atoms with Gasteiger partial charge in [-0.1, -0.05) is 19.4 Å². The number of nitrogens with one attached hydrogen (secondary N) is 2. The minimum Gasteiger partial charge on any atom is -0.357 e. The molecular weight excluding hydrogens is 268 g/mol. The first-order valence-corrected chi connectivity index (χ1v) is 8.29. The Balaban J connectivity index is 2.62. The summed E-state index contributed by atoms with van der Waals surface area (Å²) in [6.07, 6.45) is 2.37. The Hall–Kier alpha value is -1.07. The van der Waals surface area contributed by atoms with Crippen LogP contribution in [0.4, 0.5) is 0 Å². The summed E-state index contributed by atoms with van der Waals surface area (Å²) in [6.45, 7) is 6.94. The van der Waals surface area contributed by atoms with Crippen molar-refractivity contribution >= 4 is 17.3 Å². The molecule has 0 aromatic carbocycles. The second-order valence-corrected chi connectivity index (χ2v) is 5.97. The molecule has 1 heterocycles. The van der Waals surface area contributed by atoms with Crippen LogP contribution in [0.5, 0.6) is 0 Å². The van der Waals surface area contributed by atoms with E-state index in [9.17, 15) is 0 Å². The van der Waals surface area contributed by atoms with Gasteiger partial charge >= 0.3 is 0 Å². The highest BCUT2D eigenvalue weighted by molar-refractivity contribution is 7.10. The minimum atomic E-state index is 0.344. The molecule has 0 aliphatic rings. The van der Waals surface area contributed by atoms with Gasteiger partial charge in [-0.3, -0.25) is 4.99 Å². The summed E-state index contributed by atoms with van der Waals surface area (Å²) >= 11 is 1.79. The van der Waals surface area contributed by atoms with E-state index in [1.165, 1.54) is 17.7 Å². The van der Waals surface area contributed by atoms with Crippen molar-refractivity contribution < 1.29 is 0 Å². The molecule has 1 rings (SSSR count). The first kappa shape index (κ1) is 17.0. The molecule has 0 saturated carbocycles. The molecular formula is C15H28N4S. The molecule has 0 amide bonds. The molecule has 5 heteroatoms. The van der Waals surface area contributed by atoms with Crippen LogP contribution in [0.2, 0.25) is 0 Å². The average molecular weight is 296 g/mol. The molecule has 4 nitrogen and oxygen atoms in total. The van der Waals surface area contributed by atoms with E-state index >= 15 is 0 Å². The first-order valence-electron chi connectivity index (χ1n) is 7.41. The summed E-state index contributed by atoms with van der Waals surface area (Å²) in [7, 11) is 4.22. The summed E-state index contributed by atoms with van der Waals surface area (Å²) in [5.41, 5.74) is 0. The third kappa shape index (κ3) is 5.92. The van der Waals surface area contributed by atoms with E-state index in [4.69, 9.17) is 4.99 Å². The Labute approximate surface area is 127 Å². The highest BCUT2D eigenvalue weighted by atomic mass is 32.1. The van der Waals surface area contributed by atoms with Gasteiger partial charge in [-0.05, 0) is 38.9 Å². The molecule has 1 aromatic rings. The van der Waals surface area contributed by atoms with E-state index in [2.05, 4.69) is 61.0 Å². The standard InChI is InChI=1S/C15H28N4S/c1-5-7-10-17-15(16-6-2)18-12-13(19(3)4)14-9-8-11-20-14/h8-9,11,13H,5-7,10,12H2,1-4H3,(H2,16,17,18).